The van der Waals surface area contributed by atoms with Crippen molar-refractivity contribution in [3.8, 4) is 0 Å². The number of nitrogens with zero attached hydrogens (tertiary/aromatic N) is 1. The molecule has 0 saturated heterocycles. The Labute approximate surface area is 62.6 Å². The van der Waals surface area contributed by atoms with Crippen molar-refractivity contribution in [2.24, 2.45) is 10.9 Å². The zero-order valence-electron chi connectivity index (χ0n) is 6.00. The van der Waals surface area contributed by atoms with Gasteiger partial charge < -0.3 is 15.7 Å². The van der Waals surface area contributed by atoms with E-state index >= 15 is 0 Å². The molecule has 0 saturated carbocycles. The van der Waals surface area contributed by atoms with Gasteiger partial charge in [0.1, 0.15) is 12.7 Å². The largest absolute Gasteiger partial charge is 0.409 e. The summed E-state index contributed by atoms with van der Waals surface area (Å²) < 4.78 is 27.5. The molecule has 66 valence electrons. The fourth-order valence-corrected chi connectivity index (χ4v) is 0.384. The molecule has 4 nitrogen and oxygen atoms in total. The van der Waals surface area contributed by atoms with Crippen LogP contribution in [0.3, 0.4) is 0 Å². The lowest BCUT2D eigenvalue weighted by Gasteiger charge is -2.09. The molecular weight excluding hydrogens is 158 g/mol. The Morgan fingerprint density at radius 2 is 2.27 bits per heavy atom. The summed E-state index contributed by atoms with van der Waals surface area (Å²) in [6, 6.07) is 0. The number of nitrogens with two attached hydrogens (primary N) is 1. The highest BCUT2D eigenvalue weighted by molar-refractivity contribution is 5.83. The third kappa shape index (κ3) is 4.49. The number of hydrogen-bond acceptors (Lipinski definition) is 3. The molecular formula is C5H10F2N2O2. The highest BCUT2D eigenvalue weighted by Crippen LogP contribution is 1.97. The fourth-order valence-electron chi connectivity index (χ4n) is 0.384. The predicted octanol–water partition coefficient (Wildman–Crippen LogP) is 0.403. The molecule has 0 aliphatic carbocycles. The third-order valence-corrected chi connectivity index (χ3v) is 1.00. The van der Waals surface area contributed by atoms with Crippen LogP contribution in [0.4, 0.5) is 8.78 Å². The highest BCUT2D eigenvalue weighted by Gasteiger charge is 2.10. The SMILES string of the molecule is CC(OCC(F)F)C(N)=NO. The van der Waals surface area contributed by atoms with Gasteiger partial charge in [0.2, 0.25) is 0 Å². The molecule has 3 N–H and O–H groups in total. The van der Waals surface area contributed by atoms with E-state index in [1.165, 1.54) is 6.92 Å². The normalized spacial score (nSPS) is 15.5. The van der Waals surface area contributed by atoms with E-state index in [0.29, 0.717) is 0 Å². The van der Waals surface area contributed by atoms with Gasteiger partial charge >= 0.3 is 0 Å². The predicted molar refractivity (Wildman–Crippen MR) is 34.8 cm³/mol. The van der Waals surface area contributed by atoms with Gasteiger partial charge in [-0.15, -0.1) is 0 Å². The topological polar surface area (TPSA) is 67.8 Å². The molecule has 0 fully saturated rings. The summed E-state index contributed by atoms with van der Waals surface area (Å²) in [5.41, 5.74) is 5.03. The smallest absolute Gasteiger partial charge is 0.261 e. The molecule has 0 heterocycles. The van der Waals surface area contributed by atoms with Crippen molar-refractivity contribution in [2.45, 2.75) is 19.5 Å². The minimum absolute atomic E-state index is 0.217. The van der Waals surface area contributed by atoms with Crippen LogP contribution in [0.15, 0.2) is 5.16 Å². The zero-order chi connectivity index (χ0) is 8.85. The maximum absolute atomic E-state index is 11.5. The average molecular weight is 168 g/mol. The van der Waals surface area contributed by atoms with Crippen LogP contribution in [0, 0.1) is 0 Å². The first-order valence-corrected chi connectivity index (χ1v) is 2.95. The van der Waals surface area contributed by atoms with Crippen molar-refractivity contribution in [2.75, 3.05) is 6.61 Å². The molecule has 1 unspecified atom stereocenters. The third-order valence-electron chi connectivity index (χ3n) is 1.00. The number of amidine groups is 1. The maximum Gasteiger partial charge on any atom is 0.261 e. The summed E-state index contributed by atoms with van der Waals surface area (Å²) >= 11 is 0. The minimum Gasteiger partial charge on any atom is -0.409 e. The van der Waals surface area contributed by atoms with Crippen LogP contribution in [0.25, 0.3) is 0 Å². The Bertz CT molecular complexity index is 140. The summed E-state index contributed by atoms with van der Waals surface area (Å²) in [7, 11) is 0. The Balaban J connectivity index is 3.61. The van der Waals surface area contributed by atoms with Gasteiger partial charge in [0.15, 0.2) is 5.84 Å². The van der Waals surface area contributed by atoms with E-state index in [1.54, 1.807) is 0 Å². The van der Waals surface area contributed by atoms with Crippen molar-refractivity contribution in [1.82, 2.24) is 0 Å². The standard InChI is InChI=1S/C5H10F2N2O2/c1-3(5(8)9-10)11-2-4(6)7/h3-4,10H,2H2,1H3,(H2,8,9). The fraction of sp³-hybridized carbons (Fsp3) is 0.800. The molecule has 0 amide bonds. The molecule has 0 radical (unpaired) electrons. The molecule has 0 aromatic rings. The molecule has 11 heavy (non-hydrogen) atoms. The highest BCUT2D eigenvalue weighted by atomic mass is 19.3. The summed E-state index contributed by atoms with van der Waals surface area (Å²) in [6.45, 7) is 0.703. The van der Waals surface area contributed by atoms with E-state index < -0.39 is 19.1 Å². The summed E-state index contributed by atoms with van der Waals surface area (Å²) in [5.74, 6) is -0.217. The van der Waals surface area contributed by atoms with E-state index in [1.807, 2.05) is 0 Å². The molecule has 0 bridgehead atoms. The number of oxime groups is 1. The van der Waals surface area contributed by atoms with Gasteiger partial charge in [-0.3, -0.25) is 0 Å². The lowest BCUT2D eigenvalue weighted by atomic mass is 10.4. The first-order valence-electron chi connectivity index (χ1n) is 2.95. The van der Waals surface area contributed by atoms with Crippen LogP contribution in [0.5, 0.6) is 0 Å². The quantitative estimate of drug-likeness (QED) is 0.276. The van der Waals surface area contributed by atoms with Crippen LogP contribution in [-0.2, 0) is 4.74 Å². The Morgan fingerprint density at radius 1 is 1.73 bits per heavy atom. The van der Waals surface area contributed by atoms with E-state index in [9.17, 15) is 8.78 Å². The molecule has 6 heteroatoms. The molecule has 0 aliphatic heterocycles. The Kier molecular flexibility index (Phi) is 4.44. The monoisotopic (exact) mass is 168 g/mol. The summed E-state index contributed by atoms with van der Waals surface area (Å²) in [4.78, 5) is 0. The number of hydrogen-bond donors (Lipinski definition) is 2. The summed E-state index contributed by atoms with van der Waals surface area (Å²) in [5, 5.41) is 10.7. The van der Waals surface area contributed by atoms with Gasteiger partial charge in [0.05, 0.1) is 0 Å². The lowest BCUT2D eigenvalue weighted by Crippen LogP contribution is -2.30. The first kappa shape index (κ1) is 10.1. The zero-order valence-corrected chi connectivity index (χ0v) is 6.00. The Hall–Kier alpha value is -0.910. The molecule has 0 aromatic heterocycles. The number of rotatable bonds is 4. The molecule has 0 aliphatic rings. The van der Waals surface area contributed by atoms with Crippen molar-refractivity contribution in [1.29, 1.82) is 0 Å². The van der Waals surface area contributed by atoms with Crippen LogP contribution in [0.2, 0.25) is 0 Å². The van der Waals surface area contributed by atoms with Gasteiger partial charge in [-0.2, -0.15) is 0 Å². The van der Waals surface area contributed by atoms with Crippen molar-refractivity contribution >= 4 is 5.84 Å². The molecule has 0 rings (SSSR count). The van der Waals surface area contributed by atoms with Crippen LogP contribution in [0.1, 0.15) is 6.92 Å². The van der Waals surface area contributed by atoms with Crippen LogP contribution in [-0.4, -0.2) is 30.2 Å². The first-order chi connectivity index (χ1) is 5.07. The maximum atomic E-state index is 11.5. The van der Waals surface area contributed by atoms with Gasteiger partial charge in [-0.05, 0) is 6.92 Å². The van der Waals surface area contributed by atoms with E-state index in [-0.39, 0.29) is 5.84 Å². The molecule has 0 spiro atoms. The second-order valence-corrected chi connectivity index (χ2v) is 1.89. The van der Waals surface area contributed by atoms with E-state index in [0.717, 1.165) is 0 Å². The average Bonchev–Trinajstić information content (AvgIpc) is 1.98. The van der Waals surface area contributed by atoms with Gasteiger partial charge in [-0.1, -0.05) is 5.16 Å². The van der Waals surface area contributed by atoms with Crippen LogP contribution >= 0.6 is 0 Å². The summed E-state index contributed by atoms with van der Waals surface area (Å²) in [6.07, 6.45) is -3.32. The second-order valence-electron chi connectivity index (χ2n) is 1.89. The van der Waals surface area contributed by atoms with E-state index in [4.69, 9.17) is 10.9 Å². The Morgan fingerprint density at radius 3 is 2.64 bits per heavy atom. The van der Waals surface area contributed by atoms with Gasteiger partial charge in [-0.25, -0.2) is 8.78 Å². The van der Waals surface area contributed by atoms with Crippen LogP contribution < -0.4 is 5.73 Å². The molecule has 1 atom stereocenters. The number of alkyl halides is 2. The molecule has 0 aromatic carbocycles. The minimum atomic E-state index is -2.54. The second kappa shape index (κ2) is 4.84. The number of ether oxygens (including phenoxy) is 1. The van der Waals surface area contributed by atoms with Crippen molar-refractivity contribution in [3.63, 3.8) is 0 Å². The van der Waals surface area contributed by atoms with Gasteiger partial charge in [0, 0.05) is 0 Å². The van der Waals surface area contributed by atoms with Crippen molar-refractivity contribution < 1.29 is 18.7 Å². The lowest BCUT2D eigenvalue weighted by molar-refractivity contribution is 0.00402. The number of halogens is 2. The van der Waals surface area contributed by atoms with Gasteiger partial charge in [0.25, 0.3) is 6.43 Å². The van der Waals surface area contributed by atoms with E-state index in [2.05, 4.69) is 9.89 Å². The van der Waals surface area contributed by atoms with Crippen molar-refractivity contribution in [3.05, 3.63) is 0 Å².